The van der Waals surface area contributed by atoms with E-state index in [1.54, 1.807) is 13.0 Å². The van der Waals surface area contributed by atoms with Crippen LogP contribution in [0.15, 0.2) is 29.2 Å². The van der Waals surface area contributed by atoms with Crippen molar-refractivity contribution in [2.24, 2.45) is 0 Å². The molecule has 144 valence electrons. The Morgan fingerprint density at radius 3 is 2.48 bits per heavy atom. The minimum Gasteiger partial charge on any atom is -0.324 e. The van der Waals surface area contributed by atoms with Crippen LogP contribution in [0.2, 0.25) is 0 Å². The molecule has 0 unspecified atom stereocenters. The summed E-state index contributed by atoms with van der Waals surface area (Å²) in [5.41, 5.74) is 1.00. The molecule has 6 nitrogen and oxygen atoms in total. The van der Waals surface area contributed by atoms with Gasteiger partial charge in [0.15, 0.2) is 0 Å². The molecule has 0 saturated carbocycles. The molecule has 1 aromatic heterocycles. The number of benzene rings is 1. The van der Waals surface area contributed by atoms with Gasteiger partial charge in [0, 0.05) is 11.8 Å². The third kappa shape index (κ3) is 5.19. The number of nitrogens with zero attached hydrogens (tertiary/aromatic N) is 2. The van der Waals surface area contributed by atoms with Crippen molar-refractivity contribution in [2.75, 3.05) is 11.1 Å². The second kappa shape index (κ2) is 7.95. The number of anilines is 1. The molecule has 0 bridgehead atoms. The molecule has 1 aromatic carbocycles. The van der Waals surface area contributed by atoms with Gasteiger partial charge in [-0.15, -0.1) is 11.8 Å². The van der Waals surface area contributed by atoms with Crippen LogP contribution in [0.3, 0.4) is 0 Å². The normalized spacial score (nSPS) is 11.3. The maximum atomic E-state index is 12.7. The highest BCUT2D eigenvalue weighted by Crippen LogP contribution is 2.36. The zero-order chi connectivity index (χ0) is 20.4. The van der Waals surface area contributed by atoms with Gasteiger partial charge in [-0.25, -0.2) is 0 Å². The van der Waals surface area contributed by atoms with E-state index in [0.717, 1.165) is 35.2 Å². The molecule has 0 spiro atoms. The Morgan fingerprint density at radius 1 is 1.26 bits per heavy atom. The maximum Gasteiger partial charge on any atom is 0.416 e. The first-order valence-electron chi connectivity index (χ1n) is 7.72. The van der Waals surface area contributed by atoms with Gasteiger partial charge in [-0.2, -0.15) is 13.2 Å². The molecular weight excluding hydrogens is 383 g/mol. The van der Waals surface area contributed by atoms with Crippen LogP contribution in [0.1, 0.15) is 22.5 Å². The lowest BCUT2D eigenvalue weighted by Gasteiger charge is -2.12. The zero-order valence-electron chi connectivity index (χ0n) is 14.7. The van der Waals surface area contributed by atoms with E-state index in [9.17, 15) is 28.1 Å². The van der Waals surface area contributed by atoms with Crippen molar-refractivity contribution in [1.29, 1.82) is 0 Å². The van der Waals surface area contributed by atoms with Crippen LogP contribution in [0, 0.1) is 30.9 Å². The summed E-state index contributed by atoms with van der Waals surface area (Å²) in [5, 5.41) is 13.8. The molecule has 2 aromatic rings. The number of aromatic nitrogens is 1. The van der Waals surface area contributed by atoms with Crippen LogP contribution >= 0.6 is 11.8 Å². The summed E-state index contributed by atoms with van der Waals surface area (Å²) in [5.74, 6) is -0.634. The van der Waals surface area contributed by atoms with Crippen molar-refractivity contribution < 1.29 is 22.9 Å². The van der Waals surface area contributed by atoms with Crippen LogP contribution in [0.5, 0.6) is 0 Å². The topological polar surface area (TPSA) is 85.1 Å². The Balaban J connectivity index is 2.14. The molecule has 0 aliphatic rings. The summed E-state index contributed by atoms with van der Waals surface area (Å²) in [6.45, 7) is 5.37. The molecule has 1 amide bonds. The summed E-state index contributed by atoms with van der Waals surface area (Å²) >= 11 is 0.795. The summed E-state index contributed by atoms with van der Waals surface area (Å²) in [6.07, 6.45) is -4.68. The van der Waals surface area contributed by atoms with Crippen molar-refractivity contribution in [2.45, 2.75) is 31.8 Å². The monoisotopic (exact) mass is 399 g/mol. The predicted octanol–water partition coefficient (Wildman–Crippen LogP) is 4.66. The number of carbonyl (C=O) groups is 1. The van der Waals surface area contributed by atoms with Gasteiger partial charge in [0.25, 0.3) is 5.69 Å². The molecule has 1 heterocycles. The van der Waals surface area contributed by atoms with Crippen LogP contribution in [0.25, 0.3) is 0 Å². The highest BCUT2D eigenvalue weighted by Gasteiger charge is 2.33. The number of aryl methyl sites for hydroxylation is 3. The van der Waals surface area contributed by atoms with Crippen molar-refractivity contribution >= 4 is 29.0 Å². The molecule has 0 atom stereocenters. The Morgan fingerprint density at radius 2 is 1.93 bits per heavy atom. The lowest BCUT2D eigenvalue weighted by molar-refractivity contribution is -0.388. The van der Waals surface area contributed by atoms with Crippen LogP contribution in [0.4, 0.5) is 24.5 Å². The Bertz CT molecular complexity index is 878. The van der Waals surface area contributed by atoms with E-state index in [1.807, 2.05) is 13.8 Å². The van der Waals surface area contributed by atoms with E-state index in [4.69, 9.17) is 0 Å². The standard InChI is InChI=1S/C17H16F3N3O3S/c1-9-6-10(2)21-11(3)16(9)22-15(24)8-27-14-5-4-12(17(18,19)20)7-13(14)23(25)26/h4-7H,8H2,1-3H3,(H,22,24). The fourth-order valence-electron chi connectivity index (χ4n) is 2.49. The van der Waals surface area contributed by atoms with E-state index in [2.05, 4.69) is 10.3 Å². The van der Waals surface area contributed by atoms with Gasteiger partial charge in [-0.05, 0) is 44.5 Å². The number of thioether (sulfide) groups is 1. The van der Waals surface area contributed by atoms with Gasteiger partial charge in [-0.3, -0.25) is 19.9 Å². The first kappa shape index (κ1) is 20.7. The number of alkyl halides is 3. The van der Waals surface area contributed by atoms with E-state index in [1.165, 1.54) is 0 Å². The highest BCUT2D eigenvalue weighted by molar-refractivity contribution is 8.00. The smallest absolute Gasteiger partial charge is 0.324 e. The average Bonchev–Trinajstić information content (AvgIpc) is 2.55. The largest absolute Gasteiger partial charge is 0.416 e. The van der Waals surface area contributed by atoms with Gasteiger partial charge in [0.1, 0.15) is 0 Å². The van der Waals surface area contributed by atoms with E-state index in [-0.39, 0.29) is 10.6 Å². The van der Waals surface area contributed by atoms with Crippen molar-refractivity contribution in [3.63, 3.8) is 0 Å². The fraction of sp³-hybridized carbons (Fsp3) is 0.294. The number of nitrogens with one attached hydrogen (secondary N) is 1. The van der Waals surface area contributed by atoms with Crippen molar-refractivity contribution in [1.82, 2.24) is 4.98 Å². The summed E-state index contributed by atoms with van der Waals surface area (Å²) < 4.78 is 38.2. The second-order valence-corrected chi connectivity index (χ2v) is 6.83. The summed E-state index contributed by atoms with van der Waals surface area (Å²) in [6, 6.07) is 4.03. The highest BCUT2D eigenvalue weighted by atomic mass is 32.2. The Labute approximate surface area is 157 Å². The number of hydrogen-bond acceptors (Lipinski definition) is 5. The molecule has 0 aliphatic carbocycles. The van der Waals surface area contributed by atoms with Gasteiger partial charge < -0.3 is 5.32 Å². The second-order valence-electron chi connectivity index (χ2n) is 5.82. The van der Waals surface area contributed by atoms with Crippen molar-refractivity contribution in [3.05, 3.63) is 56.9 Å². The lowest BCUT2D eigenvalue weighted by atomic mass is 10.1. The predicted molar refractivity (Wildman–Crippen MR) is 95.9 cm³/mol. The van der Waals surface area contributed by atoms with Gasteiger partial charge in [0.2, 0.25) is 5.91 Å². The number of amides is 1. The average molecular weight is 399 g/mol. The minimum absolute atomic E-state index is 0.0152. The summed E-state index contributed by atoms with van der Waals surface area (Å²) in [7, 11) is 0. The van der Waals surface area contributed by atoms with Crippen LogP contribution in [-0.2, 0) is 11.0 Å². The summed E-state index contributed by atoms with van der Waals surface area (Å²) in [4.78, 5) is 26.6. The van der Waals surface area contributed by atoms with Gasteiger partial charge in [-0.1, -0.05) is 0 Å². The molecule has 10 heteroatoms. The maximum absolute atomic E-state index is 12.7. The molecule has 0 radical (unpaired) electrons. The SMILES string of the molecule is Cc1cc(C)c(NC(=O)CSc2ccc(C(F)(F)F)cc2[N+](=O)[O-])c(C)n1. The number of nitro benzene ring substituents is 1. The van der Waals surface area contributed by atoms with Crippen LogP contribution in [-0.4, -0.2) is 21.6 Å². The molecule has 0 fully saturated rings. The van der Waals surface area contributed by atoms with E-state index >= 15 is 0 Å². The molecular formula is C17H16F3N3O3S. The zero-order valence-corrected chi connectivity index (χ0v) is 15.5. The fourth-order valence-corrected chi connectivity index (χ4v) is 3.29. The molecule has 1 N–H and O–H groups in total. The van der Waals surface area contributed by atoms with Gasteiger partial charge in [0.05, 0.1) is 32.5 Å². The first-order valence-corrected chi connectivity index (χ1v) is 8.70. The number of rotatable bonds is 5. The van der Waals surface area contributed by atoms with E-state index in [0.29, 0.717) is 17.4 Å². The molecule has 0 aliphatic heterocycles. The number of carbonyl (C=O) groups excluding carboxylic acids is 1. The van der Waals surface area contributed by atoms with Gasteiger partial charge >= 0.3 is 6.18 Å². The van der Waals surface area contributed by atoms with Crippen LogP contribution < -0.4 is 5.32 Å². The number of halogens is 3. The quantitative estimate of drug-likeness (QED) is 0.449. The Kier molecular flexibility index (Phi) is 6.09. The van der Waals surface area contributed by atoms with E-state index < -0.39 is 28.3 Å². The number of hydrogen-bond donors (Lipinski definition) is 1. The molecule has 0 saturated heterocycles. The molecule has 27 heavy (non-hydrogen) atoms. The lowest BCUT2D eigenvalue weighted by Crippen LogP contribution is -2.16. The minimum atomic E-state index is -4.68. The molecule has 2 rings (SSSR count). The van der Waals surface area contributed by atoms with Crippen molar-refractivity contribution in [3.8, 4) is 0 Å². The third-order valence-corrected chi connectivity index (χ3v) is 4.69. The number of pyridine rings is 1. The number of nitro groups is 1. The Hall–Kier alpha value is -2.62. The third-order valence-electron chi connectivity index (χ3n) is 3.63. The first-order chi connectivity index (χ1) is 12.5.